The second-order valence-electron chi connectivity index (χ2n) is 5.17. The van der Waals surface area contributed by atoms with Crippen molar-refractivity contribution in [3.8, 4) is 11.3 Å². The summed E-state index contributed by atoms with van der Waals surface area (Å²) in [6, 6.07) is 11.6. The van der Waals surface area contributed by atoms with Crippen LogP contribution in [0.1, 0.15) is 5.56 Å². The van der Waals surface area contributed by atoms with Gasteiger partial charge in [-0.05, 0) is 23.1 Å². The summed E-state index contributed by atoms with van der Waals surface area (Å²) < 4.78 is 5.18. The monoisotopic (exact) mass is 323 g/mol. The van der Waals surface area contributed by atoms with Gasteiger partial charge in [-0.2, -0.15) is 11.3 Å². The number of hydrogen-bond donors (Lipinski definition) is 2. The van der Waals surface area contributed by atoms with Gasteiger partial charge >= 0.3 is 0 Å². The first-order valence-corrected chi connectivity index (χ1v) is 8.08. The number of carbonyl (C=O) groups excluding carboxylic acids is 1. The van der Waals surface area contributed by atoms with E-state index in [4.69, 9.17) is 4.52 Å². The average molecular weight is 323 g/mol. The molecule has 0 unspecified atom stereocenters. The highest BCUT2D eigenvalue weighted by Gasteiger charge is 2.12. The third-order valence-electron chi connectivity index (χ3n) is 3.62. The quantitative estimate of drug-likeness (QED) is 0.595. The van der Waals surface area contributed by atoms with Crippen molar-refractivity contribution >= 4 is 34.0 Å². The fourth-order valence-electron chi connectivity index (χ4n) is 2.51. The fourth-order valence-corrected chi connectivity index (χ4v) is 3.16. The Labute approximate surface area is 135 Å². The summed E-state index contributed by atoms with van der Waals surface area (Å²) in [5.74, 6) is 0.221. The summed E-state index contributed by atoms with van der Waals surface area (Å²) in [5.41, 5.74) is 3.68. The van der Waals surface area contributed by atoms with Gasteiger partial charge in [-0.1, -0.05) is 23.4 Å². The molecule has 0 aliphatic heterocycles. The normalized spacial score (nSPS) is 11.0. The Morgan fingerprint density at radius 2 is 2.22 bits per heavy atom. The Morgan fingerprint density at radius 1 is 1.30 bits per heavy atom. The van der Waals surface area contributed by atoms with E-state index in [1.54, 1.807) is 17.4 Å². The Bertz CT molecular complexity index is 953. The molecule has 1 amide bonds. The van der Waals surface area contributed by atoms with Crippen molar-refractivity contribution in [1.82, 2.24) is 10.1 Å². The molecule has 0 atom stereocenters. The smallest absolute Gasteiger partial charge is 0.231 e. The van der Waals surface area contributed by atoms with E-state index in [1.807, 2.05) is 47.3 Å². The van der Waals surface area contributed by atoms with Gasteiger partial charge in [0, 0.05) is 34.1 Å². The fraction of sp³-hybridized carbons (Fsp3) is 0.0588. The van der Waals surface area contributed by atoms with E-state index in [-0.39, 0.29) is 12.3 Å². The van der Waals surface area contributed by atoms with E-state index in [9.17, 15) is 4.79 Å². The maximum Gasteiger partial charge on any atom is 0.231 e. The van der Waals surface area contributed by atoms with Gasteiger partial charge in [0.05, 0.1) is 6.42 Å². The topological polar surface area (TPSA) is 70.9 Å². The molecule has 4 aromatic rings. The molecule has 5 nitrogen and oxygen atoms in total. The van der Waals surface area contributed by atoms with Crippen LogP contribution in [-0.4, -0.2) is 16.0 Å². The number of hydrogen-bond acceptors (Lipinski definition) is 4. The lowest BCUT2D eigenvalue weighted by molar-refractivity contribution is -0.115. The molecule has 0 aliphatic carbocycles. The Kier molecular flexibility index (Phi) is 3.44. The van der Waals surface area contributed by atoms with Crippen LogP contribution < -0.4 is 5.32 Å². The summed E-state index contributed by atoms with van der Waals surface area (Å²) in [5, 5.41) is 11.7. The number of carbonyl (C=O) groups is 1. The lowest BCUT2D eigenvalue weighted by atomic mass is 10.1. The molecule has 6 heteroatoms. The van der Waals surface area contributed by atoms with E-state index >= 15 is 0 Å². The van der Waals surface area contributed by atoms with Gasteiger partial charge < -0.3 is 9.51 Å². The standard InChI is InChI=1S/C17H13N3O2S/c21-16(7-12-9-18-14-4-2-1-3-13(12)14)19-17-8-15(20-22-17)11-5-6-23-10-11/h1-6,8-10,18H,7H2,(H,19,21). The largest absolute Gasteiger partial charge is 0.361 e. The number of fused-ring (bicyclic) bond motifs is 1. The van der Waals surface area contributed by atoms with E-state index in [1.165, 1.54) is 0 Å². The number of H-pyrrole nitrogens is 1. The molecule has 0 fully saturated rings. The minimum absolute atomic E-state index is 0.136. The number of nitrogens with one attached hydrogen (secondary N) is 2. The van der Waals surface area contributed by atoms with Crippen LogP contribution in [0.25, 0.3) is 22.2 Å². The number of nitrogens with zero attached hydrogens (tertiary/aromatic N) is 1. The first-order chi connectivity index (χ1) is 11.3. The highest BCUT2D eigenvalue weighted by Crippen LogP contribution is 2.24. The van der Waals surface area contributed by atoms with E-state index in [2.05, 4.69) is 15.5 Å². The molecule has 0 spiro atoms. The molecule has 23 heavy (non-hydrogen) atoms. The van der Waals surface area contributed by atoms with Crippen LogP contribution in [-0.2, 0) is 11.2 Å². The summed E-state index contributed by atoms with van der Waals surface area (Å²) in [6.07, 6.45) is 2.14. The van der Waals surface area contributed by atoms with Crippen LogP contribution in [0.2, 0.25) is 0 Å². The SMILES string of the molecule is O=C(Cc1c[nH]c2ccccc12)Nc1cc(-c2ccsc2)no1. The number of benzene rings is 1. The van der Waals surface area contributed by atoms with Crippen LogP contribution in [0.5, 0.6) is 0 Å². The second kappa shape index (κ2) is 5.73. The number of para-hydroxylation sites is 1. The van der Waals surface area contributed by atoms with Crippen LogP contribution in [0.3, 0.4) is 0 Å². The molecule has 114 valence electrons. The first kappa shape index (κ1) is 13.8. The molecule has 0 aliphatic rings. The third-order valence-corrected chi connectivity index (χ3v) is 4.30. The minimum Gasteiger partial charge on any atom is -0.361 e. The van der Waals surface area contributed by atoms with Crippen LogP contribution >= 0.6 is 11.3 Å². The Balaban J connectivity index is 1.48. The molecule has 0 saturated carbocycles. The third kappa shape index (κ3) is 2.76. The summed E-state index contributed by atoms with van der Waals surface area (Å²) in [4.78, 5) is 15.4. The van der Waals surface area contributed by atoms with Crippen molar-refractivity contribution in [2.24, 2.45) is 0 Å². The zero-order valence-electron chi connectivity index (χ0n) is 12.1. The summed E-state index contributed by atoms with van der Waals surface area (Å²) >= 11 is 1.59. The number of anilines is 1. The minimum atomic E-state index is -0.136. The molecule has 0 bridgehead atoms. The lowest BCUT2D eigenvalue weighted by Crippen LogP contribution is -2.13. The molecular weight excluding hydrogens is 310 g/mol. The van der Waals surface area contributed by atoms with Crippen LogP contribution in [0.4, 0.5) is 5.88 Å². The zero-order valence-corrected chi connectivity index (χ0v) is 12.9. The maximum atomic E-state index is 12.2. The van der Waals surface area contributed by atoms with E-state index in [0.29, 0.717) is 11.6 Å². The highest BCUT2D eigenvalue weighted by atomic mass is 32.1. The number of thiophene rings is 1. The number of aromatic nitrogens is 2. The van der Waals surface area contributed by atoms with Gasteiger partial charge in [0.2, 0.25) is 11.8 Å². The maximum absolute atomic E-state index is 12.2. The van der Waals surface area contributed by atoms with Crippen molar-refractivity contribution in [2.75, 3.05) is 5.32 Å². The predicted octanol–water partition coefficient (Wildman–Crippen LogP) is 4.07. The molecular formula is C17H13N3O2S. The van der Waals surface area contributed by atoms with Crippen molar-refractivity contribution < 1.29 is 9.32 Å². The second-order valence-corrected chi connectivity index (χ2v) is 5.95. The average Bonchev–Trinajstić information content (AvgIpc) is 3.27. The number of rotatable bonds is 4. The van der Waals surface area contributed by atoms with Gasteiger partial charge in [0.25, 0.3) is 0 Å². The van der Waals surface area contributed by atoms with Gasteiger partial charge in [-0.3, -0.25) is 10.1 Å². The Hall–Kier alpha value is -2.86. The van der Waals surface area contributed by atoms with Crippen molar-refractivity contribution in [1.29, 1.82) is 0 Å². The van der Waals surface area contributed by atoms with Crippen LogP contribution in [0, 0.1) is 0 Å². The summed E-state index contributed by atoms with van der Waals surface area (Å²) in [7, 11) is 0. The molecule has 3 heterocycles. The molecule has 0 saturated heterocycles. The lowest BCUT2D eigenvalue weighted by Gasteiger charge is -2.00. The number of amides is 1. The van der Waals surface area contributed by atoms with E-state index < -0.39 is 0 Å². The molecule has 3 aromatic heterocycles. The van der Waals surface area contributed by atoms with Crippen molar-refractivity contribution in [3.63, 3.8) is 0 Å². The van der Waals surface area contributed by atoms with Crippen molar-refractivity contribution in [2.45, 2.75) is 6.42 Å². The van der Waals surface area contributed by atoms with Gasteiger partial charge in [0.1, 0.15) is 5.69 Å². The van der Waals surface area contributed by atoms with Crippen LogP contribution in [0.15, 0.2) is 57.9 Å². The summed E-state index contributed by atoms with van der Waals surface area (Å²) in [6.45, 7) is 0. The van der Waals surface area contributed by atoms with Gasteiger partial charge in [-0.15, -0.1) is 0 Å². The predicted molar refractivity (Wildman–Crippen MR) is 90.4 cm³/mol. The van der Waals surface area contributed by atoms with Gasteiger partial charge in [0.15, 0.2) is 0 Å². The molecule has 1 aromatic carbocycles. The number of aromatic amines is 1. The van der Waals surface area contributed by atoms with E-state index in [0.717, 1.165) is 22.0 Å². The highest BCUT2D eigenvalue weighted by molar-refractivity contribution is 7.08. The Morgan fingerprint density at radius 3 is 3.09 bits per heavy atom. The zero-order chi connectivity index (χ0) is 15.6. The first-order valence-electron chi connectivity index (χ1n) is 7.14. The van der Waals surface area contributed by atoms with Gasteiger partial charge in [-0.25, -0.2) is 0 Å². The molecule has 2 N–H and O–H groups in total. The molecule has 0 radical (unpaired) electrons. The van der Waals surface area contributed by atoms with Crippen molar-refractivity contribution in [3.05, 3.63) is 58.9 Å². The molecule has 4 rings (SSSR count).